The summed E-state index contributed by atoms with van der Waals surface area (Å²) >= 11 is 2.30. The van der Waals surface area contributed by atoms with E-state index in [2.05, 4.69) is 49.0 Å². The van der Waals surface area contributed by atoms with Crippen LogP contribution >= 0.6 is 30.3 Å². The molecule has 0 radical (unpaired) electrons. The molecule has 0 spiro atoms. The second-order valence-corrected chi connectivity index (χ2v) is 7.90. The van der Waals surface area contributed by atoms with Crippen LogP contribution in [0.15, 0.2) is 24.3 Å². The zero-order valence-electron chi connectivity index (χ0n) is 14.6. The standard InChI is InChI=1S/C15H21IN2O2S.C2H6/c1-15(2,3)20-14(19)17-12-8-9-18(21-16)13-7-5-4-6-11(13)10-12;1-2/h4-7,12H,8-10H2,1-3H3,(H,17,19);1-2H3. The van der Waals surface area contributed by atoms with Gasteiger partial charge in [0.15, 0.2) is 0 Å². The Morgan fingerprint density at radius 2 is 2.00 bits per heavy atom. The fraction of sp³-hybridized carbons (Fsp3) is 0.588. The van der Waals surface area contributed by atoms with Gasteiger partial charge in [0.2, 0.25) is 0 Å². The van der Waals surface area contributed by atoms with Crippen molar-refractivity contribution < 1.29 is 9.53 Å². The largest absolute Gasteiger partial charge is 0.444 e. The molecule has 1 atom stereocenters. The summed E-state index contributed by atoms with van der Waals surface area (Å²) < 4.78 is 7.62. The molecule has 6 heteroatoms. The zero-order valence-corrected chi connectivity index (χ0v) is 17.5. The number of halogens is 1. The highest BCUT2D eigenvalue weighted by Gasteiger charge is 2.24. The number of benzene rings is 1. The number of nitrogens with one attached hydrogen (secondary N) is 1. The third-order valence-electron chi connectivity index (χ3n) is 3.21. The van der Waals surface area contributed by atoms with Crippen LogP contribution in [-0.4, -0.2) is 24.3 Å². The van der Waals surface area contributed by atoms with Gasteiger partial charge in [-0.25, -0.2) is 4.79 Å². The summed E-state index contributed by atoms with van der Waals surface area (Å²) in [7, 11) is 1.69. The highest BCUT2D eigenvalue weighted by Crippen LogP contribution is 2.33. The maximum absolute atomic E-state index is 11.9. The first-order valence-electron chi connectivity index (χ1n) is 8.03. The van der Waals surface area contributed by atoms with Gasteiger partial charge in [0.1, 0.15) is 5.60 Å². The van der Waals surface area contributed by atoms with Crippen molar-refractivity contribution in [3.63, 3.8) is 0 Å². The van der Waals surface area contributed by atoms with Gasteiger partial charge in [0, 0.05) is 42.9 Å². The van der Waals surface area contributed by atoms with E-state index >= 15 is 0 Å². The van der Waals surface area contributed by atoms with Crippen LogP contribution < -0.4 is 9.62 Å². The Hall–Kier alpha value is -0.630. The first kappa shape index (κ1) is 20.4. The van der Waals surface area contributed by atoms with Crippen molar-refractivity contribution in [2.75, 3.05) is 10.8 Å². The molecule has 0 aromatic heterocycles. The van der Waals surface area contributed by atoms with Gasteiger partial charge in [-0.05, 0) is 45.2 Å². The molecule has 4 nitrogen and oxygen atoms in total. The predicted molar refractivity (Wildman–Crippen MR) is 108 cm³/mol. The van der Waals surface area contributed by atoms with E-state index in [1.807, 2.05) is 40.7 Å². The molecule has 1 aliphatic heterocycles. The van der Waals surface area contributed by atoms with E-state index in [4.69, 9.17) is 4.74 Å². The Kier molecular flexibility index (Phi) is 8.53. The molecule has 1 N–H and O–H groups in total. The summed E-state index contributed by atoms with van der Waals surface area (Å²) in [5, 5.41) is 3.00. The summed E-state index contributed by atoms with van der Waals surface area (Å²) in [4.78, 5) is 11.9. The second-order valence-electron chi connectivity index (χ2n) is 6.14. The Labute approximate surface area is 156 Å². The van der Waals surface area contributed by atoms with Crippen LogP contribution in [0.2, 0.25) is 0 Å². The van der Waals surface area contributed by atoms with E-state index in [1.165, 1.54) is 11.3 Å². The third-order valence-corrected chi connectivity index (χ3v) is 5.18. The molecule has 1 heterocycles. The molecular formula is C17H27IN2O2S. The zero-order chi connectivity index (χ0) is 17.5. The van der Waals surface area contributed by atoms with Crippen LogP contribution in [0.3, 0.4) is 0 Å². The highest BCUT2D eigenvalue weighted by molar-refractivity contribution is 14.2. The number of rotatable bonds is 2. The number of fused-ring (bicyclic) bond motifs is 1. The summed E-state index contributed by atoms with van der Waals surface area (Å²) in [6.07, 6.45) is 1.41. The average Bonchev–Trinajstić information content (AvgIpc) is 2.66. The fourth-order valence-corrected chi connectivity index (χ4v) is 4.01. The Morgan fingerprint density at radius 3 is 2.61 bits per heavy atom. The van der Waals surface area contributed by atoms with E-state index < -0.39 is 5.60 Å². The molecule has 23 heavy (non-hydrogen) atoms. The predicted octanol–water partition coefficient (Wildman–Crippen LogP) is 5.36. The number of ether oxygens (including phenoxy) is 1. The first-order chi connectivity index (χ1) is 10.9. The summed E-state index contributed by atoms with van der Waals surface area (Å²) in [6.45, 7) is 10.5. The van der Waals surface area contributed by atoms with Crippen molar-refractivity contribution in [3.05, 3.63) is 29.8 Å². The van der Waals surface area contributed by atoms with Crippen molar-refractivity contribution in [2.24, 2.45) is 0 Å². The van der Waals surface area contributed by atoms with E-state index in [9.17, 15) is 4.79 Å². The van der Waals surface area contributed by atoms with E-state index in [-0.39, 0.29) is 12.1 Å². The Balaban J connectivity index is 0.00000127. The van der Waals surface area contributed by atoms with E-state index in [1.54, 1.807) is 9.12 Å². The van der Waals surface area contributed by atoms with Crippen LogP contribution in [0.1, 0.15) is 46.6 Å². The highest BCUT2D eigenvalue weighted by atomic mass is 127. The van der Waals surface area contributed by atoms with Crippen LogP contribution in [0.5, 0.6) is 0 Å². The topological polar surface area (TPSA) is 41.6 Å². The van der Waals surface area contributed by atoms with Gasteiger partial charge in [-0.2, -0.15) is 0 Å². The minimum atomic E-state index is -0.461. The molecule has 2 rings (SSSR count). The Morgan fingerprint density at radius 1 is 1.35 bits per heavy atom. The molecule has 130 valence electrons. The third kappa shape index (κ3) is 6.79. The lowest BCUT2D eigenvalue weighted by molar-refractivity contribution is 0.0503. The molecular weight excluding hydrogens is 423 g/mol. The Bertz CT molecular complexity index is 506. The number of hydrogen-bond acceptors (Lipinski definition) is 4. The minimum Gasteiger partial charge on any atom is -0.444 e. The lowest BCUT2D eigenvalue weighted by atomic mass is 10.0. The number of alkyl carbamates (subject to hydrolysis) is 1. The monoisotopic (exact) mass is 450 g/mol. The quantitative estimate of drug-likeness (QED) is 0.487. The van der Waals surface area contributed by atoms with E-state index in [0.717, 1.165) is 19.4 Å². The average molecular weight is 450 g/mol. The smallest absolute Gasteiger partial charge is 0.407 e. The van der Waals surface area contributed by atoms with Crippen LogP contribution in [0.25, 0.3) is 0 Å². The van der Waals surface area contributed by atoms with Crippen LogP contribution in [0, 0.1) is 0 Å². The lowest BCUT2D eigenvalue weighted by Gasteiger charge is -2.23. The van der Waals surface area contributed by atoms with Crippen LogP contribution in [0.4, 0.5) is 10.5 Å². The molecule has 1 aromatic carbocycles. The van der Waals surface area contributed by atoms with Gasteiger partial charge < -0.3 is 14.4 Å². The van der Waals surface area contributed by atoms with Gasteiger partial charge in [0.05, 0.1) is 5.69 Å². The summed E-state index contributed by atoms with van der Waals surface area (Å²) in [6, 6.07) is 8.47. The van der Waals surface area contributed by atoms with Crippen LogP contribution in [-0.2, 0) is 11.2 Å². The van der Waals surface area contributed by atoms with Gasteiger partial charge in [0.25, 0.3) is 0 Å². The van der Waals surface area contributed by atoms with Crippen molar-refractivity contribution in [2.45, 2.75) is 59.1 Å². The molecule has 0 saturated carbocycles. The molecule has 1 aromatic rings. The number of carbonyl (C=O) groups excluding carboxylic acids is 1. The number of anilines is 1. The number of hydrogen-bond donors (Lipinski definition) is 1. The second kappa shape index (κ2) is 9.61. The number of nitrogens with zero attached hydrogens (tertiary/aromatic N) is 1. The molecule has 0 bridgehead atoms. The fourth-order valence-electron chi connectivity index (χ4n) is 2.36. The van der Waals surface area contributed by atoms with Gasteiger partial charge in [-0.3, -0.25) is 0 Å². The summed E-state index contributed by atoms with van der Waals surface area (Å²) in [5.74, 6) is 0. The number of para-hydroxylation sites is 1. The molecule has 1 unspecified atom stereocenters. The number of carbonyl (C=O) groups is 1. The normalized spacial score (nSPS) is 17.3. The van der Waals surface area contributed by atoms with Gasteiger partial charge >= 0.3 is 6.09 Å². The van der Waals surface area contributed by atoms with Crippen molar-refractivity contribution >= 4 is 42.1 Å². The van der Waals surface area contributed by atoms with Crippen molar-refractivity contribution in [3.8, 4) is 0 Å². The summed E-state index contributed by atoms with van der Waals surface area (Å²) in [5.41, 5.74) is 2.04. The van der Waals surface area contributed by atoms with Crippen molar-refractivity contribution in [1.82, 2.24) is 5.32 Å². The van der Waals surface area contributed by atoms with E-state index in [0.29, 0.717) is 0 Å². The minimum absolute atomic E-state index is 0.106. The lowest BCUT2D eigenvalue weighted by Crippen LogP contribution is -2.40. The van der Waals surface area contributed by atoms with Gasteiger partial charge in [-0.15, -0.1) is 0 Å². The SMILES string of the molecule is CC.CC(C)(C)OC(=O)NC1CCN(SI)c2ccccc2C1. The molecule has 1 amide bonds. The maximum atomic E-state index is 11.9. The number of amides is 1. The molecule has 0 saturated heterocycles. The van der Waals surface area contributed by atoms with Crippen molar-refractivity contribution in [1.29, 1.82) is 0 Å². The molecule has 0 fully saturated rings. The maximum Gasteiger partial charge on any atom is 0.407 e. The molecule has 1 aliphatic rings. The molecule has 0 aliphatic carbocycles. The first-order valence-corrected chi connectivity index (χ1v) is 11.3. The van der Waals surface area contributed by atoms with Gasteiger partial charge in [-0.1, -0.05) is 32.0 Å².